The number of nitrogens with one attached hydrogen (secondary N) is 6. The fraction of sp³-hybridized carbons (Fsp3) is 0.158. The molecule has 20 heteroatoms. The zero-order chi connectivity index (χ0) is 55.7. The van der Waals surface area contributed by atoms with Gasteiger partial charge < -0.3 is 29.9 Å². The first-order valence-electron chi connectivity index (χ1n) is 23.8. The second-order valence-electron chi connectivity index (χ2n) is 18.0. The largest absolute Gasteiger partial charge is 0.306 e. The molecule has 0 aliphatic carbocycles. The van der Waals surface area contributed by atoms with Crippen LogP contribution in [0.1, 0.15) is 50.2 Å². The molecule has 0 unspecified atom stereocenters. The third-order valence-electron chi connectivity index (χ3n) is 11.7. The molecule has 12 aromatic heterocycles. The Morgan fingerprint density at radius 2 is 0.766 bits per heavy atom. The van der Waals surface area contributed by atoms with E-state index in [1.54, 1.807) is 84.4 Å². The van der Waals surface area contributed by atoms with Crippen molar-refractivity contribution < 1.29 is 0 Å². The summed E-state index contributed by atoms with van der Waals surface area (Å²) in [7, 11) is 0. The summed E-state index contributed by atoms with van der Waals surface area (Å²) >= 11 is 11.4. The zero-order valence-corrected chi connectivity index (χ0v) is 44.9. The van der Waals surface area contributed by atoms with Gasteiger partial charge in [0.15, 0.2) is 0 Å². The quantitative estimate of drug-likeness (QED) is 0.0775. The Kier molecular flexibility index (Phi) is 17.6. The van der Waals surface area contributed by atoms with Crippen LogP contribution in [0.2, 0.25) is 10.2 Å². The van der Waals surface area contributed by atoms with Gasteiger partial charge in [-0.3, -0.25) is 28.8 Å². The number of nitrogens with zero attached hydrogens (tertiary/aromatic N) is 6. The zero-order valence-electron chi connectivity index (χ0n) is 43.4. The molecule has 12 rings (SSSR count). The van der Waals surface area contributed by atoms with Crippen LogP contribution in [0.25, 0.3) is 66.2 Å². The first-order valence-corrected chi connectivity index (χ1v) is 24.5. The molecule has 0 fully saturated rings. The molecule has 0 saturated heterocycles. The summed E-state index contributed by atoms with van der Waals surface area (Å²) in [6, 6.07) is 27.9. The maximum absolute atomic E-state index is 11.2. The van der Waals surface area contributed by atoms with Gasteiger partial charge >= 0.3 is 0 Å². The summed E-state index contributed by atoms with van der Waals surface area (Å²) < 4.78 is 0. The van der Waals surface area contributed by atoms with E-state index in [2.05, 4.69) is 59.8 Å². The smallest absolute Gasteiger partial charge is 0.252 e. The molecule has 0 aromatic carbocycles. The number of hydrogen-bond acceptors (Lipinski definition) is 12. The number of aromatic amines is 6. The Morgan fingerprint density at radius 1 is 0.351 bits per heavy atom. The van der Waals surface area contributed by atoms with Crippen molar-refractivity contribution >= 4 is 89.4 Å². The van der Waals surface area contributed by atoms with E-state index in [1.165, 1.54) is 6.20 Å². The fourth-order valence-electron chi connectivity index (χ4n) is 7.43. The van der Waals surface area contributed by atoms with Gasteiger partial charge in [0.25, 0.3) is 33.4 Å². The Labute approximate surface area is 447 Å². The average Bonchev–Trinajstić information content (AvgIpc) is 3.38. The summed E-state index contributed by atoms with van der Waals surface area (Å²) in [6.45, 7) is 16.5. The highest BCUT2D eigenvalue weighted by molar-refractivity contribution is 6.31. The molecule has 77 heavy (non-hydrogen) atoms. The number of aromatic nitrogens is 12. The lowest BCUT2D eigenvalue weighted by Gasteiger charge is -2.00. The second kappa shape index (κ2) is 24.4. The van der Waals surface area contributed by atoms with Crippen LogP contribution in [0.15, 0.2) is 145 Å². The van der Waals surface area contributed by atoms with Crippen molar-refractivity contribution in [2.24, 2.45) is 0 Å². The van der Waals surface area contributed by atoms with Crippen molar-refractivity contribution in [2.75, 3.05) is 0 Å². The van der Waals surface area contributed by atoms with E-state index in [9.17, 15) is 28.8 Å². The van der Waals surface area contributed by atoms with Crippen LogP contribution in [0.3, 0.4) is 0 Å². The van der Waals surface area contributed by atoms with Gasteiger partial charge in [0.2, 0.25) is 0 Å². The summed E-state index contributed by atoms with van der Waals surface area (Å²) in [6.07, 6.45) is 6.61. The van der Waals surface area contributed by atoms with Crippen molar-refractivity contribution in [3.63, 3.8) is 0 Å². The molecule has 0 bridgehead atoms. The third-order valence-corrected chi connectivity index (χ3v) is 12.1. The first-order chi connectivity index (χ1) is 36.6. The number of halogens is 2. The van der Waals surface area contributed by atoms with Gasteiger partial charge in [-0.25, -0.2) is 29.9 Å². The maximum Gasteiger partial charge on any atom is 0.252 e. The maximum atomic E-state index is 11.2. The van der Waals surface area contributed by atoms with E-state index in [0.29, 0.717) is 55.2 Å². The molecule has 12 heterocycles. The Bertz CT molecular complexity index is 4330. The van der Waals surface area contributed by atoms with Crippen LogP contribution in [0.5, 0.6) is 0 Å². The van der Waals surface area contributed by atoms with Crippen LogP contribution in [0, 0.1) is 62.3 Å². The summed E-state index contributed by atoms with van der Waals surface area (Å²) in [4.78, 5) is 108. The SMILES string of the molecule is Cc1cc2c(C)ccnc2[nH]c1=O.Cc1cc2cc(Cl)cnc2[nH]c1=O.Cc1cc2ccc(Cl)nc2[nH]c1=O.Cc1cc2cccnc2[nH]c1=O.Cc1ccc2cc(C)c(=O)[nH]c2n1.Cc1cnc2[nH]c(=O)c(C)cc2c1. The van der Waals surface area contributed by atoms with Crippen LogP contribution < -0.4 is 33.4 Å². The highest BCUT2D eigenvalue weighted by atomic mass is 35.5. The lowest BCUT2D eigenvalue weighted by atomic mass is 10.1. The van der Waals surface area contributed by atoms with Crippen molar-refractivity contribution in [1.29, 1.82) is 0 Å². The van der Waals surface area contributed by atoms with Gasteiger partial charge in [0, 0.05) is 96.2 Å². The van der Waals surface area contributed by atoms with Crippen molar-refractivity contribution in [3.8, 4) is 0 Å². The van der Waals surface area contributed by atoms with Gasteiger partial charge in [-0.1, -0.05) is 23.2 Å². The monoisotopic (exact) mass is 1070 g/mol. The second-order valence-corrected chi connectivity index (χ2v) is 18.8. The van der Waals surface area contributed by atoms with Crippen molar-refractivity contribution in [3.05, 3.63) is 238 Å². The summed E-state index contributed by atoms with van der Waals surface area (Å²) in [5.41, 5.74) is 10.6. The van der Waals surface area contributed by atoms with E-state index in [0.717, 1.165) is 71.4 Å². The van der Waals surface area contributed by atoms with Crippen molar-refractivity contribution in [1.82, 2.24) is 59.8 Å². The molecule has 0 aliphatic heterocycles. The minimum atomic E-state index is -0.123. The molecule has 0 aliphatic rings. The number of pyridine rings is 12. The van der Waals surface area contributed by atoms with Crippen LogP contribution in [-0.2, 0) is 0 Å². The molecule has 12 aromatic rings. The molecule has 18 nitrogen and oxygen atoms in total. The fourth-order valence-corrected chi connectivity index (χ4v) is 7.74. The molecule has 0 saturated carbocycles. The Hall–Kier alpha value is -9.26. The molecule has 390 valence electrons. The lowest BCUT2D eigenvalue weighted by Crippen LogP contribution is -2.09. The minimum absolute atomic E-state index is 0.0643. The minimum Gasteiger partial charge on any atom is -0.306 e. The molecule has 0 radical (unpaired) electrons. The van der Waals surface area contributed by atoms with Gasteiger partial charge in [-0.05, 0) is 164 Å². The summed E-state index contributed by atoms with van der Waals surface area (Å²) in [5.74, 6) is 0. The Balaban J connectivity index is 0.000000134. The van der Waals surface area contributed by atoms with E-state index in [-0.39, 0.29) is 33.4 Å². The van der Waals surface area contributed by atoms with E-state index < -0.39 is 0 Å². The van der Waals surface area contributed by atoms with Gasteiger partial charge in [-0.2, -0.15) is 0 Å². The van der Waals surface area contributed by atoms with Crippen LogP contribution in [0.4, 0.5) is 0 Å². The molecule has 0 spiro atoms. The van der Waals surface area contributed by atoms with Crippen molar-refractivity contribution in [2.45, 2.75) is 62.3 Å². The predicted molar refractivity (Wildman–Crippen MR) is 307 cm³/mol. The molecular formula is C57H52Cl2N12O6. The van der Waals surface area contributed by atoms with Crippen LogP contribution in [-0.4, -0.2) is 59.8 Å². The van der Waals surface area contributed by atoms with E-state index >= 15 is 0 Å². The average molecular weight is 1070 g/mol. The topological polar surface area (TPSA) is 274 Å². The van der Waals surface area contributed by atoms with E-state index in [4.69, 9.17) is 23.2 Å². The number of aryl methyl sites for hydroxylation is 9. The first kappa shape index (κ1) is 55.5. The van der Waals surface area contributed by atoms with Crippen LogP contribution >= 0.6 is 23.2 Å². The Morgan fingerprint density at radius 3 is 1.32 bits per heavy atom. The highest BCUT2D eigenvalue weighted by Crippen LogP contribution is 2.16. The number of hydrogen-bond donors (Lipinski definition) is 6. The highest BCUT2D eigenvalue weighted by Gasteiger charge is 2.04. The lowest BCUT2D eigenvalue weighted by molar-refractivity contribution is 1.15. The molecule has 0 atom stereocenters. The molecule has 0 amide bonds. The number of H-pyrrole nitrogens is 6. The normalized spacial score (nSPS) is 10.6. The predicted octanol–water partition coefficient (Wildman–Crippen LogP) is 9.62. The van der Waals surface area contributed by atoms with E-state index in [1.807, 2.05) is 87.5 Å². The standard InChI is InChI=1S/3C10H10N2O.2C9H7ClN2O.C9H8N2O/c1-6-3-8-4-7(2)10(13)12-9(8)11-5-6;1-6-5-8-4-3-7(2)11-9(8)12-10(6)13;1-6-3-4-11-9-8(6)5-7(2)10(13)12-9;1-5-2-6-3-7(10)4-11-8(6)12-9(5)13;1-5-4-6-2-3-7(10)11-8(6)12-9(5)13;1-6-5-7-3-2-4-10-8(7)11-9(6)12/h3*3-5H,1-2H3,(H,11,12,13);2*2-4H,1H3,(H,11,12,13);2-5H,1H3,(H,10,11,12). The van der Waals surface area contributed by atoms with Gasteiger partial charge in [0.05, 0.1) is 5.02 Å². The number of fused-ring (bicyclic) bond motifs is 6. The van der Waals surface area contributed by atoms with Gasteiger partial charge in [0.1, 0.15) is 39.0 Å². The summed E-state index contributed by atoms with van der Waals surface area (Å²) in [5, 5.41) is 6.63. The molecule has 6 N–H and O–H groups in total. The number of rotatable bonds is 0. The third kappa shape index (κ3) is 14.3. The molecular weight excluding hydrogens is 1020 g/mol. The van der Waals surface area contributed by atoms with Gasteiger partial charge in [-0.15, -0.1) is 0 Å².